The molecule has 14 heavy (non-hydrogen) atoms. The van der Waals surface area contributed by atoms with E-state index in [2.05, 4.69) is 5.32 Å². The van der Waals surface area contributed by atoms with Crippen LogP contribution in [0, 0.1) is 5.92 Å². The van der Waals surface area contributed by atoms with Crippen molar-refractivity contribution in [3.63, 3.8) is 0 Å². The lowest BCUT2D eigenvalue weighted by Gasteiger charge is -2.22. The van der Waals surface area contributed by atoms with Crippen molar-refractivity contribution < 1.29 is 8.42 Å². The van der Waals surface area contributed by atoms with E-state index in [1.807, 2.05) is 0 Å². The SMILES string of the molecule is CCS(=O)(=O)CCCC1CCCNC1. The Labute approximate surface area is 87.2 Å². The van der Waals surface area contributed by atoms with E-state index in [4.69, 9.17) is 0 Å². The van der Waals surface area contributed by atoms with Crippen molar-refractivity contribution in [1.82, 2.24) is 5.32 Å². The summed E-state index contributed by atoms with van der Waals surface area (Å²) in [5, 5.41) is 3.35. The van der Waals surface area contributed by atoms with Gasteiger partial charge in [0.25, 0.3) is 0 Å². The Kier molecular flexibility index (Phi) is 4.89. The Morgan fingerprint density at radius 2 is 2.21 bits per heavy atom. The Morgan fingerprint density at radius 1 is 1.43 bits per heavy atom. The maximum Gasteiger partial charge on any atom is 0.150 e. The van der Waals surface area contributed by atoms with Gasteiger partial charge in [-0.1, -0.05) is 6.92 Å². The lowest BCUT2D eigenvalue weighted by Crippen LogP contribution is -2.30. The van der Waals surface area contributed by atoms with Crippen LogP contribution in [0.3, 0.4) is 0 Å². The van der Waals surface area contributed by atoms with Crippen LogP contribution in [0.5, 0.6) is 0 Å². The zero-order chi connectivity index (χ0) is 10.4. The molecule has 3 nitrogen and oxygen atoms in total. The third-order valence-electron chi connectivity index (χ3n) is 2.91. The predicted molar refractivity (Wildman–Crippen MR) is 59.2 cm³/mol. The second-order valence-corrected chi connectivity index (χ2v) is 6.56. The smallest absolute Gasteiger partial charge is 0.150 e. The van der Waals surface area contributed by atoms with Crippen molar-refractivity contribution >= 4 is 9.84 Å². The third kappa shape index (κ3) is 4.42. The molecule has 0 aromatic carbocycles. The summed E-state index contributed by atoms with van der Waals surface area (Å²) in [5.74, 6) is 1.37. The molecule has 0 saturated carbocycles. The van der Waals surface area contributed by atoms with Gasteiger partial charge in [0.1, 0.15) is 9.84 Å². The van der Waals surface area contributed by atoms with Crippen LogP contribution in [0.25, 0.3) is 0 Å². The molecular weight excluding hydrogens is 198 g/mol. The van der Waals surface area contributed by atoms with Gasteiger partial charge in [-0.3, -0.25) is 0 Å². The van der Waals surface area contributed by atoms with Crippen LogP contribution < -0.4 is 5.32 Å². The molecule has 0 aliphatic carbocycles. The molecule has 0 aromatic heterocycles. The van der Waals surface area contributed by atoms with Gasteiger partial charge in [0.05, 0.1) is 5.75 Å². The fourth-order valence-electron chi connectivity index (χ4n) is 1.91. The van der Waals surface area contributed by atoms with Gasteiger partial charge >= 0.3 is 0 Å². The molecule has 84 valence electrons. The average Bonchev–Trinajstić information content (AvgIpc) is 2.19. The molecule has 1 aliphatic heterocycles. The van der Waals surface area contributed by atoms with Gasteiger partial charge in [-0.05, 0) is 44.7 Å². The molecule has 1 aliphatic rings. The number of hydrogen-bond donors (Lipinski definition) is 1. The summed E-state index contributed by atoms with van der Waals surface area (Å²) >= 11 is 0. The number of piperidine rings is 1. The standard InChI is InChI=1S/C10H21NO2S/c1-2-14(12,13)8-4-6-10-5-3-7-11-9-10/h10-11H,2-9H2,1H3. The Hall–Kier alpha value is -0.0900. The van der Waals surface area contributed by atoms with Gasteiger partial charge in [-0.15, -0.1) is 0 Å². The minimum absolute atomic E-state index is 0.288. The van der Waals surface area contributed by atoms with E-state index in [9.17, 15) is 8.42 Å². The van der Waals surface area contributed by atoms with Crippen molar-refractivity contribution in [2.45, 2.75) is 32.6 Å². The van der Waals surface area contributed by atoms with Crippen LogP contribution in [0.4, 0.5) is 0 Å². The van der Waals surface area contributed by atoms with Crippen LogP contribution in [-0.2, 0) is 9.84 Å². The summed E-state index contributed by atoms with van der Waals surface area (Å²) in [5.41, 5.74) is 0. The predicted octanol–water partition coefficient (Wildman–Crippen LogP) is 1.20. The first kappa shape index (κ1) is 12.0. The molecule has 1 heterocycles. The summed E-state index contributed by atoms with van der Waals surface area (Å²) in [6.07, 6.45) is 4.40. The van der Waals surface area contributed by atoms with Crippen molar-refractivity contribution in [3.05, 3.63) is 0 Å². The highest BCUT2D eigenvalue weighted by Gasteiger charge is 2.14. The molecule has 0 aromatic rings. The van der Waals surface area contributed by atoms with Gasteiger partial charge in [0.2, 0.25) is 0 Å². The van der Waals surface area contributed by atoms with Crippen molar-refractivity contribution in [2.75, 3.05) is 24.6 Å². The fraction of sp³-hybridized carbons (Fsp3) is 1.00. The van der Waals surface area contributed by atoms with Gasteiger partial charge in [0.15, 0.2) is 0 Å². The molecular formula is C10H21NO2S. The summed E-state index contributed by atoms with van der Waals surface area (Å²) in [4.78, 5) is 0. The second kappa shape index (κ2) is 5.71. The Bertz CT molecular complexity index is 243. The third-order valence-corrected chi connectivity index (χ3v) is 4.70. The number of hydrogen-bond acceptors (Lipinski definition) is 3. The van der Waals surface area contributed by atoms with E-state index >= 15 is 0 Å². The largest absolute Gasteiger partial charge is 0.316 e. The van der Waals surface area contributed by atoms with Crippen molar-refractivity contribution in [1.29, 1.82) is 0 Å². The molecule has 1 unspecified atom stereocenters. The van der Waals surface area contributed by atoms with Crippen LogP contribution in [-0.4, -0.2) is 33.0 Å². The van der Waals surface area contributed by atoms with Gasteiger partial charge in [-0.2, -0.15) is 0 Å². The highest BCUT2D eigenvalue weighted by molar-refractivity contribution is 7.91. The molecule has 1 N–H and O–H groups in total. The van der Waals surface area contributed by atoms with E-state index in [1.165, 1.54) is 12.8 Å². The van der Waals surface area contributed by atoms with E-state index in [0.717, 1.165) is 25.9 Å². The van der Waals surface area contributed by atoms with Crippen LogP contribution in [0.1, 0.15) is 32.6 Å². The van der Waals surface area contributed by atoms with Gasteiger partial charge < -0.3 is 5.32 Å². The molecule has 0 amide bonds. The Balaban J connectivity index is 2.14. The molecule has 4 heteroatoms. The van der Waals surface area contributed by atoms with Crippen LogP contribution in [0.15, 0.2) is 0 Å². The molecule has 0 spiro atoms. The second-order valence-electron chi connectivity index (χ2n) is 4.09. The first-order valence-electron chi connectivity index (χ1n) is 5.55. The monoisotopic (exact) mass is 219 g/mol. The Morgan fingerprint density at radius 3 is 2.79 bits per heavy atom. The number of nitrogens with one attached hydrogen (secondary N) is 1. The first-order chi connectivity index (χ1) is 6.64. The summed E-state index contributed by atoms with van der Waals surface area (Å²) in [6, 6.07) is 0. The molecule has 1 saturated heterocycles. The fourth-order valence-corrected chi connectivity index (χ4v) is 2.80. The maximum atomic E-state index is 11.2. The molecule has 1 fully saturated rings. The molecule has 1 atom stereocenters. The minimum atomic E-state index is -2.74. The average molecular weight is 219 g/mol. The lowest BCUT2D eigenvalue weighted by molar-refractivity contribution is 0.355. The molecule has 1 rings (SSSR count). The maximum absolute atomic E-state index is 11.2. The zero-order valence-electron chi connectivity index (χ0n) is 8.96. The van der Waals surface area contributed by atoms with E-state index in [1.54, 1.807) is 6.92 Å². The highest BCUT2D eigenvalue weighted by atomic mass is 32.2. The quantitative estimate of drug-likeness (QED) is 0.756. The number of sulfone groups is 1. The summed E-state index contributed by atoms with van der Waals surface area (Å²) < 4.78 is 22.5. The van der Waals surface area contributed by atoms with Crippen molar-refractivity contribution in [3.8, 4) is 0 Å². The highest BCUT2D eigenvalue weighted by Crippen LogP contribution is 2.16. The minimum Gasteiger partial charge on any atom is -0.316 e. The van der Waals surface area contributed by atoms with E-state index in [-0.39, 0.29) is 5.75 Å². The zero-order valence-corrected chi connectivity index (χ0v) is 9.78. The van der Waals surface area contributed by atoms with Crippen LogP contribution >= 0.6 is 0 Å². The summed E-state index contributed by atoms with van der Waals surface area (Å²) in [7, 11) is -2.74. The molecule has 0 bridgehead atoms. The summed E-state index contributed by atoms with van der Waals surface area (Å²) in [6.45, 7) is 3.92. The lowest BCUT2D eigenvalue weighted by atomic mass is 9.95. The first-order valence-corrected chi connectivity index (χ1v) is 7.37. The number of rotatable bonds is 5. The molecule has 0 radical (unpaired) electrons. The van der Waals surface area contributed by atoms with Gasteiger partial charge in [-0.25, -0.2) is 8.42 Å². The van der Waals surface area contributed by atoms with E-state index < -0.39 is 9.84 Å². The normalized spacial score (nSPS) is 23.6. The van der Waals surface area contributed by atoms with Gasteiger partial charge in [0, 0.05) is 5.75 Å². The van der Waals surface area contributed by atoms with Crippen molar-refractivity contribution in [2.24, 2.45) is 5.92 Å². The van der Waals surface area contributed by atoms with Crippen LogP contribution in [0.2, 0.25) is 0 Å². The van der Waals surface area contributed by atoms with E-state index in [0.29, 0.717) is 11.7 Å². The topological polar surface area (TPSA) is 46.2 Å².